The minimum atomic E-state index is -0.980. The van der Waals surface area contributed by atoms with Gasteiger partial charge in [0, 0.05) is 26.1 Å². The van der Waals surface area contributed by atoms with Gasteiger partial charge in [0.25, 0.3) is 0 Å². The molecule has 0 aliphatic carbocycles. The maximum atomic E-state index is 11.2. The second kappa shape index (κ2) is 8.06. The second-order valence-corrected chi connectivity index (χ2v) is 3.77. The largest absolute Gasteiger partial charge is 0.480 e. The smallest absolute Gasteiger partial charge is 0.323 e. The molecule has 0 aromatic heterocycles. The highest BCUT2D eigenvalue weighted by atomic mass is 16.5. The van der Waals surface area contributed by atoms with Gasteiger partial charge in [-0.25, -0.2) is 0 Å². The molecule has 0 heterocycles. The van der Waals surface area contributed by atoms with Crippen molar-refractivity contribution in [2.24, 2.45) is 0 Å². The third-order valence-corrected chi connectivity index (χ3v) is 1.82. The highest BCUT2D eigenvalue weighted by molar-refractivity contribution is 5.76. The van der Waals surface area contributed by atoms with Gasteiger partial charge in [-0.1, -0.05) is 0 Å². The van der Waals surface area contributed by atoms with E-state index in [0.717, 1.165) is 0 Å². The first-order valence-electron chi connectivity index (χ1n) is 5.21. The van der Waals surface area contributed by atoms with Gasteiger partial charge < -0.3 is 20.5 Å². The molecule has 0 saturated heterocycles. The molecular weight excluding hydrogens is 212 g/mol. The summed E-state index contributed by atoms with van der Waals surface area (Å²) in [6, 6.07) is -0.668. The van der Waals surface area contributed by atoms with Crippen LogP contribution >= 0.6 is 0 Å². The highest BCUT2D eigenvalue weighted by Crippen LogP contribution is 1.88. The van der Waals surface area contributed by atoms with E-state index < -0.39 is 12.0 Å². The van der Waals surface area contributed by atoms with Crippen LogP contribution in [-0.2, 0) is 14.3 Å². The molecular formula is C10H20N2O4. The Bertz CT molecular complexity index is 231. The van der Waals surface area contributed by atoms with E-state index in [2.05, 4.69) is 10.6 Å². The van der Waals surface area contributed by atoms with Gasteiger partial charge in [0.05, 0.1) is 6.61 Å². The zero-order valence-corrected chi connectivity index (χ0v) is 9.95. The van der Waals surface area contributed by atoms with Crippen LogP contribution in [0.5, 0.6) is 0 Å². The van der Waals surface area contributed by atoms with Gasteiger partial charge in [-0.15, -0.1) is 0 Å². The predicted octanol–water partition coefficient (Wildman–Crippen LogP) is -0.410. The summed E-state index contributed by atoms with van der Waals surface area (Å²) >= 11 is 0. The summed E-state index contributed by atoms with van der Waals surface area (Å²) in [6.45, 7) is 4.15. The number of hydrogen-bond acceptors (Lipinski definition) is 4. The van der Waals surface area contributed by atoms with Crippen LogP contribution in [0.2, 0.25) is 0 Å². The van der Waals surface area contributed by atoms with E-state index in [1.54, 1.807) is 0 Å². The van der Waals surface area contributed by atoms with Crippen molar-refractivity contribution in [2.45, 2.75) is 32.4 Å². The average Bonchev–Trinajstić information content (AvgIpc) is 2.15. The Morgan fingerprint density at radius 3 is 2.44 bits per heavy atom. The molecule has 0 bridgehead atoms. The van der Waals surface area contributed by atoms with Crippen molar-refractivity contribution in [3.8, 4) is 0 Å². The fraction of sp³-hybridized carbons (Fsp3) is 0.800. The van der Waals surface area contributed by atoms with E-state index in [-0.39, 0.29) is 25.0 Å². The number of rotatable bonds is 8. The molecule has 0 fully saturated rings. The van der Waals surface area contributed by atoms with Gasteiger partial charge in [0.1, 0.15) is 6.04 Å². The van der Waals surface area contributed by atoms with Crippen molar-refractivity contribution >= 4 is 11.9 Å². The molecule has 0 radical (unpaired) electrons. The number of carboxylic acid groups (broad SMARTS) is 1. The van der Waals surface area contributed by atoms with E-state index in [0.29, 0.717) is 6.54 Å². The first kappa shape index (κ1) is 14.9. The molecule has 1 atom stereocenters. The van der Waals surface area contributed by atoms with E-state index in [1.807, 2.05) is 13.8 Å². The lowest BCUT2D eigenvalue weighted by molar-refractivity contribution is -0.141. The molecule has 1 unspecified atom stereocenters. The lowest BCUT2D eigenvalue weighted by atomic mass is 10.3. The summed E-state index contributed by atoms with van der Waals surface area (Å²) in [5.41, 5.74) is 0. The number of ether oxygens (including phenoxy) is 1. The van der Waals surface area contributed by atoms with Gasteiger partial charge in [-0.2, -0.15) is 0 Å². The molecule has 1 amide bonds. The Morgan fingerprint density at radius 1 is 1.38 bits per heavy atom. The number of methoxy groups -OCH3 is 1. The highest BCUT2D eigenvalue weighted by Gasteiger charge is 2.16. The van der Waals surface area contributed by atoms with Crippen molar-refractivity contribution in [1.82, 2.24) is 10.6 Å². The van der Waals surface area contributed by atoms with Gasteiger partial charge in [0.15, 0.2) is 0 Å². The molecule has 0 aliphatic rings. The lowest BCUT2D eigenvalue weighted by Gasteiger charge is -2.13. The van der Waals surface area contributed by atoms with Gasteiger partial charge >= 0.3 is 5.97 Å². The van der Waals surface area contributed by atoms with Crippen LogP contribution in [0.1, 0.15) is 20.3 Å². The molecule has 0 spiro atoms. The average molecular weight is 232 g/mol. The maximum absolute atomic E-state index is 11.2. The minimum absolute atomic E-state index is 0.0845. The van der Waals surface area contributed by atoms with Crippen molar-refractivity contribution < 1.29 is 19.4 Å². The molecule has 0 aromatic carbocycles. The van der Waals surface area contributed by atoms with Crippen LogP contribution in [0.3, 0.4) is 0 Å². The number of hydrogen-bond donors (Lipinski definition) is 3. The molecule has 3 N–H and O–H groups in total. The third-order valence-electron chi connectivity index (χ3n) is 1.82. The Morgan fingerprint density at radius 2 is 2.00 bits per heavy atom. The number of carbonyl (C=O) groups excluding carboxylic acids is 1. The van der Waals surface area contributed by atoms with E-state index >= 15 is 0 Å². The zero-order valence-electron chi connectivity index (χ0n) is 9.95. The molecule has 6 nitrogen and oxygen atoms in total. The van der Waals surface area contributed by atoms with Crippen LogP contribution in [0.25, 0.3) is 0 Å². The predicted molar refractivity (Wildman–Crippen MR) is 59.2 cm³/mol. The number of nitrogens with one attached hydrogen (secondary N) is 2. The van der Waals surface area contributed by atoms with Crippen molar-refractivity contribution in [3.05, 3.63) is 0 Å². The van der Waals surface area contributed by atoms with Crippen molar-refractivity contribution in [1.29, 1.82) is 0 Å². The van der Waals surface area contributed by atoms with Gasteiger partial charge in [-0.05, 0) is 13.8 Å². The molecule has 94 valence electrons. The summed E-state index contributed by atoms with van der Waals surface area (Å²) in [5.74, 6) is -1.07. The van der Waals surface area contributed by atoms with Crippen LogP contribution in [0.4, 0.5) is 0 Å². The standard InChI is InChI=1S/C10H20N2O4/c1-7(2)12-9(13)4-5-11-8(6-16-3)10(14)15/h7-8,11H,4-6H2,1-3H3,(H,12,13)(H,14,15). The Labute approximate surface area is 95.4 Å². The first-order chi connectivity index (χ1) is 7.47. The number of amides is 1. The quantitative estimate of drug-likeness (QED) is 0.529. The second-order valence-electron chi connectivity index (χ2n) is 3.77. The fourth-order valence-corrected chi connectivity index (χ4v) is 1.14. The summed E-state index contributed by atoms with van der Waals surface area (Å²) in [4.78, 5) is 21.9. The molecule has 0 aromatic rings. The zero-order chi connectivity index (χ0) is 12.6. The Hall–Kier alpha value is -1.14. The molecule has 0 rings (SSSR count). The van der Waals surface area contributed by atoms with Crippen LogP contribution < -0.4 is 10.6 Å². The van der Waals surface area contributed by atoms with Crippen LogP contribution in [0, 0.1) is 0 Å². The van der Waals surface area contributed by atoms with E-state index in [9.17, 15) is 9.59 Å². The third kappa shape index (κ3) is 7.19. The van der Waals surface area contributed by atoms with Crippen LogP contribution in [-0.4, -0.2) is 49.3 Å². The Kier molecular flexibility index (Phi) is 7.49. The van der Waals surface area contributed by atoms with E-state index in [4.69, 9.17) is 9.84 Å². The summed E-state index contributed by atoms with van der Waals surface area (Å²) in [6.07, 6.45) is 0.256. The molecule has 0 saturated carbocycles. The topological polar surface area (TPSA) is 87.7 Å². The normalized spacial score (nSPS) is 12.5. The molecule has 6 heteroatoms. The van der Waals surface area contributed by atoms with Crippen LogP contribution in [0.15, 0.2) is 0 Å². The number of aliphatic carboxylic acids is 1. The minimum Gasteiger partial charge on any atom is -0.480 e. The van der Waals surface area contributed by atoms with E-state index in [1.165, 1.54) is 7.11 Å². The molecule has 0 aliphatic heterocycles. The maximum Gasteiger partial charge on any atom is 0.323 e. The monoisotopic (exact) mass is 232 g/mol. The lowest BCUT2D eigenvalue weighted by Crippen LogP contribution is -2.42. The summed E-state index contributed by atoms with van der Waals surface area (Å²) in [7, 11) is 1.43. The number of carboxylic acids is 1. The van der Waals surface area contributed by atoms with Gasteiger partial charge in [-0.3, -0.25) is 9.59 Å². The SMILES string of the molecule is COCC(NCCC(=O)NC(C)C)C(=O)O. The summed E-state index contributed by atoms with van der Waals surface area (Å²) in [5, 5.41) is 14.2. The Balaban J connectivity index is 3.77. The van der Waals surface area contributed by atoms with Crippen molar-refractivity contribution in [3.63, 3.8) is 0 Å². The number of carbonyl (C=O) groups is 2. The van der Waals surface area contributed by atoms with Gasteiger partial charge in [0.2, 0.25) is 5.91 Å². The summed E-state index contributed by atoms with van der Waals surface area (Å²) < 4.78 is 4.74. The first-order valence-corrected chi connectivity index (χ1v) is 5.21. The molecule has 16 heavy (non-hydrogen) atoms. The van der Waals surface area contributed by atoms with Crippen molar-refractivity contribution in [2.75, 3.05) is 20.3 Å². The fourth-order valence-electron chi connectivity index (χ4n) is 1.14.